The van der Waals surface area contributed by atoms with E-state index in [9.17, 15) is 5.11 Å². The zero-order chi connectivity index (χ0) is 29.3. The summed E-state index contributed by atoms with van der Waals surface area (Å²) in [5, 5.41) is 16.4. The van der Waals surface area contributed by atoms with E-state index in [1.54, 1.807) is 25.3 Å². The topological polar surface area (TPSA) is 83.0 Å². The van der Waals surface area contributed by atoms with Crippen LogP contribution < -0.4 is 15.0 Å². The molecule has 0 amide bonds. The summed E-state index contributed by atoms with van der Waals surface area (Å²) in [6, 6.07) is 12.9. The fourth-order valence-electron chi connectivity index (χ4n) is 8.21. The first-order valence-corrected chi connectivity index (χ1v) is 15.7. The van der Waals surface area contributed by atoms with Gasteiger partial charge in [-0.25, -0.2) is 4.39 Å². The molecule has 5 heterocycles. The van der Waals surface area contributed by atoms with E-state index in [0.717, 1.165) is 69.1 Å². The van der Waals surface area contributed by atoms with Gasteiger partial charge in [0.05, 0.1) is 22.7 Å². The van der Waals surface area contributed by atoms with Gasteiger partial charge in [-0.2, -0.15) is 9.97 Å². The number of fused-ring (bicyclic) bond motifs is 5. The van der Waals surface area contributed by atoms with Gasteiger partial charge in [0.1, 0.15) is 23.7 Å². The molecule has 3 unspecified atom stereocenters. The summed E-state index contributed by atoms with van der Waals surface area (Å²) in [5.41, 5.74) is 0.866. The van der Waals surface area contributed by atoms with Crippen molar-refractivity contribution in [3.8, 4) is 22.9 Å². The maximum absolute atomic E-state index is 16.9. The molecule has 0 saturated carbocycles. The number of ether oxygens (including phenoxy) is 2. The van der Waals surface area contributed by atoms with Gasteiger partial charge in [-0.1, -0.05) is 35.9 Å². The van der Waals surface area contributed by atoms with Crippen molar-refractivity contribution in [2.24, 2.45) is 0 Å². The Morgan fingerprint density at radius 3 is 2.72 bits per heavy atom. The summed E-state index contributed by atoms with van der Waals surface area (Å²) < 4.78 is 29.2. The molecule has 8 nitrogen and oxygen atoms in total. The number of benzene rings is 3. The predicted molar refractivity (Wildman–Crippen MR) is 166 cm³/mol. The third kappa shape index (κ3) is 4.35. The largest absolute Gasteiger partial charge is 0.508 e. The molecule has 4 aromatic rings. The number of piperazine rings is 1. The van der Waals surface area contributed by atoms with Gasteiger partial charge >= 0.3 is 6.01 Å². The summed E-state index contributed by atoms with van der Waals surface area (Å²) in [4.78, 5) is 14.5. The third-order valence-electron chi connectivity index (χ3n) is 10.2. The van der Waals surface area contributed by atoms with E-state index in [2.05, 4.69) is 15.1 Å². The lowest BCUT2D eigenvalue weighted by Crippen LogP contribution is -2.54. The second kappa shape index (κ2) is 10.4. The van der Waals surface area contributed by atoms with Crippen molar-refractivity contribution in [2.75, 3.05) is 44.8 Å². The average molecular weight is 604 g/mol. The number of methoxy groups -OCH3 is 1. The van der Waals surface area contributed by atoms with E-state index in [1.807, 2.05) is 24.3 Å². The fourth-order valence-corrected chi connectivity index (χ4v) is 8.50. The number of rotatable bonds is 6. The van der Waals surface area contributed by atoms with Gasteiger partial charge in [-0.05, 0) is 79.7 Å². The molecule has 8 rings (SSSR count). The van der Waals surface area contributed by atoms with Crippen LogP contribution in [-0.2, 0) is 4.74 Å². The van der Waals surface area contributed by atoms with E-state index in [4.69, 9.17) is 31.0 Å². The van der Waals surface area contributed by atoms with Crippen LogP contribution in [0.3, 0.4) is 0 Å². The Balaban J connectivity index is 1.30. The van der Waals surface area contributed by atoms with Crippen molar-refractivity contribution in [1.82, 2.24) is 20.2 Å². The molecule has 4 fully saturated rings. The molecule has 10 heteroatoms. The molecule has 0 aliphatic carbocycles. The molecule has 4 aliphatic heterocycles. The standard InChI is InChI=1S/C33H35ClFN5O3/c1-42-27-13-20-16-36-17-26(27)40(20)31-24-15-25(34)28(23-14-21(41)12-19-6-2-3-7-22(19)23)29(35)30(24)37-32(38-31)43-18-33-8-4-10-39(33)11-5-9-33/h2-3,6-7,12,14-15,20,26-27,36,41H,4-5,8-11,13,16-18H2,1H3. The zero-order valence-electron chi connectivity index (χ0n) is 24.2. The number of phenols is 1. The normalized spacial score (nSPS) is 24.7. The number of nitrogens with zero attached hydrogens (tertiary/aromatic N) is 4. The van der Waals surface area contributed by atoms with Crippen molar-refractivity contribution in [2.45, 2.75) is 55.8 Å². The van der Waals surface area contributed by atoms with E-state index < -0.39 is 5.82 Å². The highest BCUT2D eigenvalue weighted by atomic mass is 35.5. The summed E-state index contributed by atoms with van der Waals surface area (Å²) in [6.45, 7) is 4.17. The Morgan fingerprint density at radius 1 is 1.09 bits per heavy atom. The Labute approximate surface area is 254 Å². The first-order chi connectivity index (χ1) is 21.0. The number of hydrogen-bond acceptors (Lipinski definition) is 8. The van der Waals surface area contributed by atoms with Crippen molar-refractivity contribution >= 4 is 39.1 Å². The molecule has 2 N–H and O–H groups in total. The van der Waals surface area contributed by atoms with Gasteiger partial charge in [0.2, 0.25) is 0 Å². The minimum absolute atomic E-state index is 0.00210. The third-order valence-corrected chi connectivity index (χ3v) is 10.5. The molecular weight excluding hydrogens is 569 g/mol. The molecule has 0 radical (unpaired) electrons. The molecule has 224 valence electrons. The second-order valence-corrected chi connectivity index (χ2v) is 12.9. The summed E-state index contributed by atoms with van der Waals surface area (Å²) in [7, 11) is 1.74. The summed E-state index contributed by atoms with van der Waals surface area (Å²) in [5.74, 6) is 0.104. The second-order valence-electron chi connectivity index (χ2n) is 12.5. The van der Waals surface area contributed by atoms with E-state index in [-0.39, 0.29) is 51.6 Å². The minimum atomic E-state index is -0.556. The van der Waals surface area contributed by atoms with E-state index in [1.165, 1.54) is 0 Å². The number of phenolic OH excluding ortho intramolecular Hbond substituents is 1. The highest BCUT2D eigenvalue weighted by Gasteiger charge is 2.47. The monoisotopic (exact) mass is 603 g/mol. The van der Waals surface area contributed by atoms with Crippen LogP contribution in [0.1, 0.15) is 32.1 Å². The predicted octanol–water partition coefficient (Wildman–Crippen LogP) is 5.52. The summed E-state index contributed by atoms with van der Waals surface area (Å²) >= 11 is 6.93. The van der Waals surface area contributed by atoms with Gasteiger partial charge in [0.25, 0.3) is 0 Å². The molecule has 1 aromatic heterocycles. The zero-order valence-corrected chi connectivity index (χ0v) is 24.9. The fraction of sp³-hybridized carbons (Fsp3) is 0.455. The van der Waals surface area contributed by atoms with Crippen molar-refractivity contribution in [1.29, 1.82) is 0 Å². The van der Waals surface area contributed by atoms with E-state index >= 15 is 4.39 Å². The van der Waals surface area contributed by atoms with Crippen LogP contribution in [0.15, 0.2) is 42.5 Å². The average Bonchev–Trinajstić information content (AvgIpc) is 3.64. The molecular formula is C33H35ClFN5O3. The number of hydrogen-bond donors (Lipinski definition) is 2. The molecule has 4 aliphatic rings. The Bertz CT molecular complexity index is 1730. The highest BCUT2D eigenvalue weighted by Crippen LogP contribution is 2.45. The van der Waals surface area contributed by atoms with Gasteiger partial charge in [-0.15, -0.1) is 0 Å². The first-order valence-electron chi connectivity index (χ1n) is 15.3. The highest BCUT2D eigenvalue weighted by molar-refractivity contribution is 6.35. The number of nitrogens with one attached hydrogen (secondary N) is 1. The number of halogens is 2. The summed E-state index contributed by atoms with van der Waals surface area (Å²) in [6.07, 6.45) is 5.36. The van der Waals surface area contributed by atoms with Crippen molar-refractivity contribution in [3.05, 3.63) is 53.3 Å². The molecule has 4 saturated heterocycles. The van der Waals surface area contributed by atoms with Crippen LogP contribution in [0.25, 0.3) is 32.8 Å². The molecule has 2 bridgehead atoms. The van der Waals surface area contributed by atoms with Gasteiger partial charge < -0.3 is 24.8 Å². The van der Waals surface area contributed by atoms with Crippen LogP contribution in [-0.4, -0.2) is 83.6 Å². The smallest absolute Gasteiger partial charge is 0.319 e. The van der Waals surface area contributed by atoms with Crippen LogP contribution in [0, 0.1) is 5.82 Å². The number of anilines is 1. The molecule has 0 spiro atoms. The minimum Gasteiger partial charge on any atom is -0.508 e. The SMILES string of the molecule is COC1CC2CNCC1N2c1nc(OCC23CCCN2CCC3)nc2c(F)c(-c3cc(O)cc4ccccc34)c(Cl)cc12. The Hall–Kier alpha value is -3.24. The van der Waals surface area contributed by atoms with Crippen LogP contribution in [0.5, 0.6) is 11.8 Å². The lowest BCUT2D eigenvalue weighted by atomic mass is 9.95. The Kier molecular flexibility index (Phi) is 6.63. The maximum Gasteiger partial charge on any atom is 0.319 e. The number of aromatic nitrogens is 2. The van der Waals surface area contributed by atoms with Crippen molar-refractivity contribution < 1.29 is 19.0 Å². The number of aromatic hydroxyl groups is 1. The first kappa shape index (κ1) is 27.3. The van der Waals surface area contributed by atoms with Crippen LogP contribution in [0.2, 0.25) is 5.02 Å². The molecule has 43 heavy (non-hydrogen) atoms. The molecule has 3 atom stereocenters. The maximum atomic E-state index is 16.9. The Morgan fingerprint density at radius 2 is 1.91 bits per heavy atom. The lowest BCUT2D eigenvalue weighted by molar-refractivity contribution is 0.0968. The van der Waals surface area contributed by atoms with Crippen LogP contribution >= 0.6 is 11.6 Å². The van der Waals surface area contributed by atoms with Crippen molar-refractivity contribution in [3.63, 3.8) is 0 Å². The van der Waals surface area contributed by atoms with Crippen LogP contribution in [0.4, 0.5) is 10.2 Å². The van der Waals surface area contributed by atoms with E-state index in [0.29, 0.717) is 23.4 Å². The molecule has 3 aromatic carbocycles. The van der Waals surface area contributed by atoms with Gasteiger partial charge in [0, 0.05) is 37.2 Å². The van der Waals surface area contributed by atoms with Gasteiger partial charge in [0.15, 0.2) is 5.82 Å². The quantitative estimate of drug-likeness (QED) is 0.298. The van der Waals surface area contributed by atoms with Gasteiger partial charge in [-0.3, -0.25) is 4.90 Å². The lowest BCUT2D eigenvalue weighted by Gasteiger charge is -2.37.